The molecule has 1 heterocycles. The standard InChI is InChI=1S/C13H24N2O2/c1-3-17-13(16)15-8-6-14(7-9-15)12-5-4-11(2)10-12/h11-12H,3-10H2,1-2H3/t11-,12+/m1/s1. The molecule has 0 N–H and O–H groups in total. The smallest absolute Gasteiger partial charge is 0.409 e. The number of carbonyl (C=O) groups excluding carboxylic acids is 1. The van der Waals surface area contributed by atoms with Crippen LogP contribution in [0.1, 0.15) is 33.1 Å². The van der Waals surface area contributed by atoms with Gasteiger partial charge in [0.15, 0.2) is 0 Å². The van der Waals surface area contributed by atoms with E-state index >= 15 is 0 Å². The van der Waals surface area contributed by atoms with Crippen LogP contribution in [0.3, 0.4) is 0 Å². The summed E-state index contributed by atoms with van der Waals surface area (Å²) in [6, 6.07) is 0.759. The Labute approximate surface area is 104 Å². The lowest BCUT2D eigenvalue weighted by molar-refractivity contribution is 0.0663. The van der Waals surface area contributed by atoms with Crippen molar-refractivity contribution in [1.82, 2.24) is 9.80 Å². The normalized spacial score (nSPS) is 30.6. The van der Waals surface area contributed by atoms with Crippen LogP contribution < -0.4 is 0 Å². The van der Waals surface area contributed by atoms with Crippen LogP contribution in [0.15, 0.2) is 0 Å². The van der Waals surface area contributed by atoms with E-state index in [9.17, 15) is 4.79 Å². The molecule has 1 saturated heterocycles. The number of carbonyl (C=O) groups is 1. The van der Waals surface area contributed by atoms with Crippen LogP contribution >= 0.6 is 0 Å². The Bertz CT molecular complexity index is 262. The van der Waals surface area contributed by atoms with Gasteiger partial charge in [-0.1, -0.05) is 6.92 Å². The van der Waals surface area contributed by atoms with E-state index in [4.69, 9.17) is 4.74 Å². The maximum absolute atomic E-state index is 11.6. The van der Waals surface area contributed by atoms with Crippen molar-refractivity contribution in [2.75, 3.05) is 32.8 Å². The Kier molecular flexibility index (Phi) is 4.26. The minimum Gasteiger partial charge on any atom is -0.450 e. The number of ether oxygens (including phenoxy) is 1. The summed E-state index contributed by atoms with van der Waals surface area (Å²) < 4.78 is 5.03. The number of amides is 1. The summed E-state index contributed by atoms with van der Waals surface area (Å²) >= 11 is 0. The first-order valence-electron chi connectivity index (χ1n) is 6.86. The van der Waals surface area contributed by atoms with Crippen LogP contribution in [0.25, 0.3) is 0 Å². The topological polar surface area (TPSA) is 32.8 Å². The van der Waals surface area contributed by atoms with E-state index < -0.39 is 0 Å². The highest BCUT2D eigenvalue weighted by molar-refractivity contribution is 5.67. The molecule has 98 valence electrons. The molecule has 1 amide bonds. The van der Waals surface area contributed by atoms with Crippen LogP contribution in [-0.2, 0) is 4.74 Å². The third-order valence-electron chi connectivity index (χ3n) is 4.02. The zero-order valence-electron chi connectivity index (χ0n) is 11.0. The summed E-state index contributed by atoms with van der Waals surface area (Å²) in [5.74, 6) is 0.878. The zero-order valence-corrected chi connectivity index (χ0v) is 11.0. The molecule has 0 radical (unpaired) electrons. The zero-order chi connectivity index (χ0) is 12.3. The molecule has 0 spiro atoms. The lowest BCUT2D eigenvalue weighted by Crippen LogP contribution is -2.51. The maximum atomic E-state index is 11.6. The number of piperazine rings is 1. The molecular formula is C13H24N2O2. The summed E-state index contributed by atoms with van der Waals surface area (Å²) in [4.78, 5) is 15.9. The minimum absolute atomic E-state index is 0.146. The Hall–Kier alpha value is -0.770. The quantitative estimate of drug-likeness (QED) is 0.739. The van der Waals surface area contributed by atoms with E-state index in [-0.39, 0.29) is 6.09 Å². The third-order valence-corrected chi connectivity index (χ3v) is 4.02. The Morgan fingerprint density at radius 2 is 1.94 bits per heavy atom. The monoisotopic (exact) mass is 240 g/mol. The number of hydrogen-bond donors (Lipinski definition) is 0. The van der Waals surface area contributed by atoms with Crippen molar-refractivity contribution in [3.8, 4) is 0 Å². The van der Waals surface area contributed by atoms with E-state index in [1.54, 1.807) is 0 Å². The molecule has 2 aliphatic rings. The second-order valence-electron chi connectivity index (χ2n) is 5.29. The van der Waals surface area contributed by atoms with Crippen molar-refractivity contribution in [2.24, 2.45) is 5.92 Å². The molecule has 0 aromatic carbocycles. The van der Waals surface area contributed by atoms with Gasteiger partial charge in [0, 0.05) is 32.2 Å². The lowest BCUT2D eigenvalue weighted by atomic mass is 10.1. The first-order chi connectivity index (χ1) is 8.20. The van der Waals surface area contributed by atoms with Crippen molar-refractivity contribution in [3.63, 3.8) is 0 Å². The van der Waals surface area contributed by atoms with Crippen molar-refractivity contribution in [3.05, 3.63) is 0 Å². The van der Waals surface area contributed by atoms with Crippen molar-refractivity contribution in [1.29, 1.82) is 0 Å². The first-order valence-corrected chi connectivity index (χ1v) is 6.86. The summed E-state index contributed by atoms with van der Waals surface area (Å²) in [6.07, 6.45) is 3.88. The van der Waals surface area contributed by atoms with Crippen molar-refractivity contribution < 1.29 is 9.53 Å². The van der Waals surface area contributed by atoms with Gasteiger partial charge in [-0.15, -0.1) is 0 Å². The second kappa shape index (κ2) is 5.71. The van der Waals surface area contributed by atoms with Crippen LogP contribution in [0.4, 0.5) is 4.79 Å². The van der Waals surface area contributed by atoms with Gasteiger partial charge in [0.25, 0.3) is 0 Å². The molecule has 0 unspecified atom stereocenters. The molecule has 0 bridgehead atoms. The van der Waals surface area contributed by atoms with E-state index in [1.165, 1.54) is 19.3 Å². The molecule has 1 aliphatic carbocycles. The minimum atomic E-state index is -0.146. The highest BCUT2D eigenvalue weighted by atomic mass is 16.6. The predicted molar refractivity (Wildman–Crippen MR) is 67.0 cm³/mol. The van der Waals surface area contributed by atoms with Crippen LogP contribution in [0.2, 0.25) is 0 Å². The molecule has 17 heavy (non-hydrogen) atoms. The van der Waals surface area contributed by atoms with E-state index in [0.29, 0.717) is 6.61 Å². The van der Waals surface area contributed by atoms with E-state index in [1.807, 2.05) is 11.8 Å². The Balaban J connectivity index is 1.76. The molecule has 1 aliphatic heterocycles. The summed E-state index contributed by atoms with van der Waals surface area (Å²) in [5.41, 5.74) is 0. The highest BCUT2D eigenvalue weighted by Crippen LogP contribution is 2.29. The first kappa shape index (κ1) is 12.7. The van der Waals surface area contributed by atoms with Gasteiger partial charge in [0.1, 0.15) is 0 Å². The SMILES string of the molecule is CCOC(=O)N1CCN([C@H]2CC[C@@H](C)C2)CC1. The van der Waals surface area contributed by atoms with Crippen molar-refractivity contribution in [2.45, 2.75) is 39.2 Å². The molecule has 4 heteroatoms. The van der Waals surface area contributed by atoms with Gasteiger partial charge >= 0.3 is 6.09 Å². The summed E-state index contributed by atoms with van der Waals surface area (Å²) in [5, 5.41) is 0. The van der Waals surface area contributed by atoms with Crippen molar-refractivity contribution >= 4 is 6.09 Å². The van der Waals surface area contributed by atoms with E-state index in [2.05, 4.69) is 11.8 Å². The molecule has 2 atom stereocenters. The fraction of sp³-hybridized carbons (Fsp3) is 0.923. The number of rotatable bonds is 2. The van der Waals surface area contributed by atoms with Crippen LogP contribution in [-0.4, -0.2) is 54.7 Å². The van der Waals surface area contributed by atoms with Gasteiger partial charge in [0.05, 0.1) is 6.61 Å². The molecule has 4 nitrogen and oxygen atoms in total. The Morgan fingerprint density at radius 3 is 2.47 bits per heavy atom. The maximum Gasteiger partial charge on any atom is 0.409 e. The average molecular weight is 240 g/mol. The van der Waals surface area contributed by atoms with Gasteiger partial charge in [-0.05, 0) is 32.1 Å². The van der Waals surface area contributed by atoms with Gasteiger partial charge in [-0.3, -0.25) is 4.90 Å². The van der Waals surface area contributed by atoms with Gasteiger partial charge in [0.2, 0.25) is 0 Å². The number of nitrogens with zero attached hydrogens (tertiary/aromatic N) is 2. The molecule has 2 rings (SSSR count). The largest absolute Gasteiger partial charge is 0.450 e. The van der Waals surface area contributed by atoms with E-state index in [0.717, 1.165) is 38.1 Å². The van der Waals surface area contributed by atoms with Gasteiger partial charge in [-0.2, -0.15) is 0 Å². The number of hydrogen-bond acceptors (Lipinski definition) is 3. The Morgan fingerprint density at radius 1 is 1.24 bits per heavy atom. The fourth-order valence-corrected chi connectivity index (χ4v) is 2.99. The molecule has 0 aromatic heterocycles. The second-order valence-corrected chi connectivity index (χ2v) is 5.29. The molecular weight excluding hydrogens is 216 g/mol. The molecule has 0 aromatic rings. The van der Waals surface area contributed by atoms with Gasteiger partial charge < -0.3 is 9.64 Å². The summed E-state index contributed by atoms with van der Waals surface area (Å²) in [7, 11) is 0. The fourth-order valence-electron chi connectivity index (χ4n) is 2.99. The van der Waals surface area contributed by atoms with Crippen LogP contribution in [0, 0.1) is 5.92 Å². The lowest BCUT2D eigenvalue weighted by Gasteiger charge is -2.37. The van der Waals surface area contributed by atoms with Gasteiger partial charge in [-0.25, -0.2) is 4.79 Å². The highest BCUT2D eigenvalue weighted by Gasteiger charge is 2.30. The van der Waals surface area contributed by atoms with Crippen LogP contribution in [0.5, 0.6) is 0 Å². The third kappa shape index (κ3) is 3.12. The molecule has 1 saturated carbocycles. The predicted octanol–water partition coefficient (Wildman–Crippen LogP) is 1.95. The average Bonchev–Trinajstić information content (AvgIpc) is 2.76. The summed E-state index contributed by atoms with van der Waals surface area (Å²) in [6.45, 7) is 8.34. The molecule has 2 fully saturated rings.